The number of benzene rings is 1. The lowest BCUT2D eigenvalue weighted by Crippen LogP contribution is -2.48. The number of hydrogen-bond acceptors (Lipinski definition) is 3. The third-order valence-electron chi connectivity index (χ3n) is 4.48. The summed E-state index contributed by atoms with van der Waals surface area (Å²) < 4.78 is 2.05. The van der Waals surface area contributed by atoms with Crippen LogP contribution in [0.3, 0.4) is 0 Å². The highest BCUT2D eigenvalue weighted by Gasteiger charge is 2.22. The Bertz CT molecular complexity index is 802. The van der Waals surface area contributed by atoms with Gasteiger partial charge in [-0.1, -0.05) is 24.3 Å². The maximum Gasteiger partial charge on any atom is 0.253 e. The first kappa shape index (κ1) is 14.9. The van der Waals surface area contributed by atoms with Gasteiger partial charge in [0.1, 0.15) is 5.65 Å². The summed E-state index contributed by atoms with van der Waals surface area (Å²) in [6, 6.07) is 15.5. The fraction of sp³-hybridized carbons (Fsp3) is 0.263. The molecule has 1 amide bonds. The largest absolute Gasteiger partial charge is 0.336 e. The van der Waals surface area contributed by atoms with Gasteiger partial charge in [-0.2, -0.15) is 0 Å². The summed E-state index contributed by atoms with van der Waals surface area (Å²) >= 11 is 0. The summed E-state index contributed by atoms with van der Waals surface area (Å²) in [5.41, 5.74) is 2.82. The Labute approximate surface area is 141 Å². The maximum atomic E-state index is 12.5. The average Bonchev–Trinajstić information content (AvgIpc) is 3.05. The molecular weight excluding hydrogens is 300 g/mol. The first-order chi connectivity index (χ1) is 11.8. The maximum absolute atomic E-state index is 12.5. The molecule has 0 bridgehead atoms. The predicted molar refractivity (Wildman–Crippen MR) is 92.8 cm³/mol. The Hall–Kier alpha value is -2.66. The van der Waals surface area contributed by atoms with E-state index in [0.29, 0.717) is 0 Å². The van der Waals surface area contributed by atoms with Crippen molar-refractivity contribution < 1.29 is 4.79 Å². The van der Waals surface area contributed by atoms with Gasteiger partial charge in [0.15, 0.2) is 0 Å². The van der Waals surface area contributed by atoms with Crippen molar-refractivity contribution in [1.82, 2.24) is 19.2 Å². The molecule has 0 N–H and O–H groups in total. The average molecular weight is 320 g/mol. The number of amides is 1. The van der Waals surface area contributed by atoms with Crippen LogP contribution in [0.2, 0.25) is 0 Å². The van der Waals surface area contributed by atoms with E-state index >= 15 is 0 Å². The molecule has 0 saturated carbocycles. The number of carbonyl (C=O) groups is 1. The predicted octanol–water partition coefficient (Wildman–Crippen LogP) is 2.29. The van der Waals surface area contributed by atoms with Gasteiger partial charge in [-0.3, -0.25) is 9.69 Å². The molecule has 4 rings (SSSR count). The van der Waals surface area contributed by atoms with Gasteiger partial charge in [-0.15, -0.1) is 0 Å². The summed E-state index contributed by atoms with van der Waals surface area (Å²) in [7, 11) is 0. The lowest BCUT2D eigenvalue weighted by Gasteiger charge is -2.34. The van der Waals surface area contributed by atoms with Crippen LogP contribution >= 0.6 is 0 Å². The van der Waals surface area contributed by atoms with Crippen LogP contribution in [-0.2, 0) is 6.54 Å². The highest BCUT2D eigenvalue weighted by molar-refractivity contribution is 5.94. The van der Waals surface area contributed by atoms with E-state index in [1.54, 1.807) is 0 Å². The second-order valence-corrected chi connectivity index (χ2v) is 6.13. The van der Waals surface area contributed by atoms with Crippen LogP contribution in [0.15, 0.2) is 60.9 Å². The van der Waals surface area contributed by atoms with Crippen molar-refractivity contribution in [1.29, 1.82) is 0 Å². The van der Waals surface area contributed by atoms with E-state index < -0.39 is 0 Å². The van der Waals surface area contributed by atoms with Crippen molar-refractivity contribution in [2.45, 2.75) is 6.54 Å². The van der Waals surface area contributed by atoms with E-state index in [-0.39, 0.29) is 5.91 Å². The fourth-order valence-electron chi connectivity index (χ4n) is 3.16. The van der Waals surface area contributed by atoms with Gasteiger partial charge in [0.25, 0.3) is 5.91 Å². The number of pyridine rings is 1. The highest BCUT2D eigenvalue weighted by atomic mass is 16.2. The second kappa shape index (κ2) is 6.45. The number of piperazine rings is 1. The summed E-state index contributed by atoms with van der Waals surface area (Å²) in [6.07, 6.45) is 4.10. The highest BCUT2D eigenvalue weighted by Crippen LogP contribution is 2.12. The first-order valence-corrected chi connectivity index (χ1v) is 8.29. The Kier molecular flexibility index (Phi) is 4.01. The zero-order chi connectivity index (χ0) is 16.4. The van der Waals surface area contributed by atoms with E-state index in [9.17, 15) is 4.79 Å². The third kappa shape index (κ3) is 3.03. The van der Waals surface area contributed by atoms with Crippen LogP contribution in [0.5, 0.6) is 0 Å². The molecule has 1 aliphatic rings. The molecule has 0 atom stereocenters. The second-order valence-electron chi connectivity index (χ2n) is 6.13. The molecule has 5 nitrogen and oxygen atoms in total. The van der Waals surface area contributed by atoms with E-state index in [4.69, 9.17) is 0 Å². The molecule has 2 aromatic heterocycles. The first-order valence-electron chi connectivity index (χ1n) is 8.29. The van der Waals surface area contributed by atoms with Gasteiger partial charge in [0.05, 0.1) is 5.69 Å². The molecule has 1 aromatic carbocycles. The van der Waals surface area contributed by atoms with Crippen LogP contribution in [-0.4, -0.2) is 51.3 Å². The molecule has 1 aliphatic heterocycles. The molecular formula is C19H20N4O. The zero-order valence-corrected chi connectivity index (χ0v) is 13.5. The van der Waals surface area contributed by atoms with Gasteiger partial charge in [0, 0.05) is 50.7 Å². The van der Waals surface area contributed by atoms with E-state index in [0.717, 1.165) is 49.6 Å². The minimum Gasteiger partial charge on any atom is -0.336 e. The van der Waals surface area contributed by atoms with Crippen molar-refractivity contribution in [3.05, 3.63) is 72.2 Å². The molecule has 3 aromatic rings. The van der Waals surface area contributed by atoms with Crippen LogP contribution < -0.4 is 0 Å². The molecule has 0 spiro atoms. The minimum atomic E-state index is 0.128. The number of rotatable bonds is 3. The van der Waals surface area contributed by atoms with E-state index in [1.165, 1.54) is 0 Å². The van der Waals surface area contributed by atoms with E-state index in [1.807, 2.05) is 64.0 Å². The molecule has 122 valence electrons. The quantitative estimate of drug-likeness (QED) is 0.743. The van der Waals surface area contributed by atoms with Crippen LogP contribution in [0.25, 0.3) is 5.65 Å². The molecule has 1 fully saturated rings. The lowest BCUT2D eigenvalue weighted by molar-refractivity contribution is 0.0627. The SMILES string of the molecule is O=C(c1ccccc1)N1CCN(Cc2cn3ccccc3n2)CC1. The molecule has 0 unspecified atom stereocenters. The van der Waals surface area contributed by atoms with Gasteiger partial charge < -0.3 is 9.30 Å². The number of hydrogen-bond donors (Lipinski definition) is 0. The van der Waals surface area contributed by atoms with Gasteiger partial charge in [0.2, 0.25) is 0 Å². The van der Waals surface area contributed by atoms with Gasteiger partial charge >= 0.3 is 0 Å². The monoisotopic (exact) mass is 320 g/mol. The van der Waals surface area contributed by atoms with E-state index in [2.05, 4.69) is 16.1 Å². The summed E-state index contributed by atoms with van der Waals surface area (Å²) in [6.45, 7) is 4.12. The molecule has 0 aliphatic carbocycles. The summed E-state index contributed by atoms with van der Waals surface area (Å²) in [5, 5.41) is 0. The van der Waals surface area contributed by atoms with Crippen molar-refractivity contribution >= 4 is 11.6 Å². The third-order valence-corrected chi connectivity index (χ3v) is 4.48. The number of imidazole rings is 1. The number of nitrogens with zero attached hydrogens (tertiary/aromatic N) is 4. The molecule has 3 heterocycles. The van der Waals surface area contributed by atoms with Crippen molar-refractivity contribution in [3.8, 4) is 0 Å². The zero-order valence-electron chi connectivity index (χ0n) is 13.5. The Morgan fingerprint density at radius 3 is 2.46 bits per heavy atom. The number of fused-ring (bicyclic) bond motifs is 1. The lowest BCUT2D eigenvalue weighted by atomic mass is 10.2. The molecule has 1 saturated heterocycles. The van der Waals surface area contributed by atoms with Crippen molar-refractivity contribution in [2.24, 2.45) is 0 Å². The number of aromatic nitrogens is 2. The topological polar surface area (TPSA) is 40.9 Å². The summed E-state index contributed by atoms with van der Waals surface area (Å²) in [5.74, 6) is 0.128. The van der Waals surface area contributed by atoms with Gasteiger partial charge in [-0.25, -0.2) is 4.98 Å². The van der Waals surface area contributed by atoms with Gasteiger partial charge in [-0.05, 0) is 24.3 Å². The fourth-order valence-corrected chi connectivity index (χ4v) is 3.16. The minimum absolute atomic E-state index is 0.128. The summed E-state index contributed by atoms with van der Waals surface area (Å²) in [4.78, 5) is 21.4. The standard InChI is InChI=1S/C19H20N4O/c24-19(16-6-2-1-3-7-16)22-12-10-21(11-13-22)14-17-15-23-9-5-4-8-18(23)20-17/h1-9,15H,10-14H2. The number of carbonyl (C=O) groups excluding carboxylic acids is 1. The van der Waals surface area contributed by atoms with Crippen molar-refractivity contribution in [2.75, 3.05) is 26.2 Å². The smallest absolute Gasteiger partial charge is 0.253 e. The Morgan fingerprint density at radius 1 is 0.958 bits per heavy atom. The van der Waals surface area contributed by atoms with Crippen molar-refractivity contribution in [3.63, 3.8) is 0 Å². The van der Waals surface area contributed by atoms with Crippen LogP contribution in [0.1, 0.15) is 16.1 Å². The molecule has 5 heteroatoms. The molecule has 0 radical (unpaired) electrons. The normalized spacial score (nSPS) is 15.8. The Balaban J connectivity index is 1.37. The van der Waals surface area contributed by atoms with Crippen LogP contribution in [0.4, 0.5) is 0 Å². The van der Waals surface area contributed by atoms with Crippen LogP contribution in [0, 0.1) is 0 Å². The Morgan fingerprint density at radius 2 is 1.71 bits per heavy atom. The molecule has 24 heavy (non-hydrogen) atoms.